The lowest BCUT2D eigenvalue weighted by Gasteiger charge is -2.32. The first-order valence-corrected chi connectivity index (χ1v) is 8.22. The van der Waals surface area contributed by atoms with E-state index in [-0.39, 0.29) is 18.0 Å². The van der Waals surface area contributed by atoms with Crippen molar-refractivity contribution in [2.24, 2.45) is 0 Å². The highest BCUT2D eigenvalue weighted by Gasteiger charge is 2.24. The monoisotopic (exact) mass is 357 g/mol. The van der Waals surface area contributed by atoms with E-state index in [0.717, 1.165) is 31.1 Å². The second kappa shape index (κ2) is 8.17. The fourth-order valence-electron chi connectivity index (χ4n) is 2.30. The molecule has 0 saturated carbocycles. The Hall–Kier alpha value is -1.37. The summed E-state index contributed by atoms with van der Waals surface area (Å²) in [7, 11) is 1.52. The van der Waals surface area contributed by atoms with Crippen LogP contribution in [-0.4, -0.2) is 52.4 Å². The molecule has 1 fully saturated rings. The van der Waals surface area contributed by atoms with Crippen molar-refractivity contribution in [2.45, 2.75) is 31.8 Å². The summed E-state index contributed by atoms with van der Waals surface area (Å²) in [5.74, 6) is 0.685. The number of carbonyl (C=O) groups excluding carboxylic acids is 1. The zero-order valence-electron chi connectivity index (χ0n) is 12.1. The fraction of sp³-hybridized carbons (Fsp3) is 0.643. The third kappa shape index (κ3) is 4.84. The van der Waals surface area contributed by atoms with Gasteiger partial charge in [-0.05, 0) is 19.3 Å². The lowest BCUT2D eigenvalue weighted by atomic mass is 10.1. The minimum Gasteiger partial charge on any atom is -0.472 e. The van der Waals surface area contributed by atoms with Crippen LogP contribution in [0.1, 0.15) is 25.7 Å². The van der Waals surface area contributed by atoms with Crippen LogP contribution in [0.25, 0.3) is 0 Å². The molecule has 7 heteroatoms. The molecule has 1 aromatic heterocycles. The molecule has 0 N–H and O–H groups in total. The van der Waals surface area contributed by atoms with E-state index in [1.54, 1.807) is 12.3 Å². The van der Waals surface area contributed by atoms with Crippen LogP contribution in [0.4, 0.5) is 0 Å². The number of likely N-dealkylation sites (tertiary alicyclic amines) is 1. The molecule has 21 heavy (non-hydrogen) atoms. The molecule has 0 radical (unpaired) electrons. The zero-order chi connectivity index (χ0) is 15.1. The summed E-state index contributed by atoms with van der Waals surface area (Å²) in [5.41, 5.74) is 0. The van der Waals surface area contributed by atoms with Crippen LogP contribution in [0.3, 0.4) is 0 Å². The Kier molecular flexibility index (Phi) is 6.22. The highest BCUT2D eigenvalue weighted by Crippen LogP contribution is 2.18. The number of alkyl halides is 1. The Balaban J connectivity index is 1.90. The van der Waals surface area contributed by atoms with E-state index < -0.39 is 0 Å². The summed E-state index contributed by atoms with van der Waals surface area (Å²) >= 11 is 3.35. The predicted molar refractivity (Wildman–Crippen MR) is 81.8 cm³/mol. The number of aromatic nitrogens is 2. The first kappa shape index (κ1) is 16.0. The van der Waals surface area contributed by atoms with Crippen LogP contribution in [-0.2, 0) is 4.79 Å². The van der Waals surface area contributed by atoms with Gasteiger partial charge in [-0.1, -0.05) is 15.9 Å². The standard InChI is InChI=1S/C14H20BrN3O3/c1-20-14-16-8-6-12(17-14)21-11-4-3-9-18(10-11)13(19)5-2-7-15/h6,8,11H,2-5,7,9-10H2,1H3. The molecule has 116 valence electrons. The average Bonchev–Trinajstić information content (AvgIpc) is 2.53. The molecule has 1 aromatic rings. The molecule has 0 bridgehead atoms. The molecular weight excluding hydrogens is 338 g/mol. The molecule has 0 spiro atoms. The SMILES string of the molecule is COc1nccc(OC2CCCN(C(=O)CCCBr)C2)n1. The number of methoxy groups -OCH3 is 1. The van der Waals surface area contributed by atoms with Gasteiger partial charge in [-0.25, -0.2) is 4.98 Å². The van der Waals surface area contributed by atoms with E-state index in [1.807, 2.05) is 4.90 Å². The van der Waals surface area contributed by atoms with Crippen molar-refractivity contribution in [1.29, 1.82) is 0 Å². The minimum absolute atomic E-state index is 0.0220. The molecular formula is C14H20BrN3O3. The smallest absolute Gasteiger partial charge is 0.319 e. The van der Waals surface area contributed by atoms with Crippen molar-refractivity contribution in [3.05, 3.63) is 12.3 Å². The van der Waals surface area contributed by atoms with Gasteiger partial charge in [0.15, 0.2) is 0 Å². The number of ether oxygens (including phenoxy) is 2. The summed E-state index contributed by atoms with van der Waals surface area (Å²) in [5, 5.41) is 0.854. The highest BCUT2D eigenvalue weighted by atomic mass is 79.9. The van der Waals surface area contributed by atoms with Crippen molar-refractivity contribution in [1.82, 2.24) is 14.9 Å². The summed E-state index contributed by atoms with van der Waals surface area (Å²) in [6.07, 6.45) is 4.90. The van der Waals surface area contributed by atoms with Crippen molar-refractivity contribution in [3.8, 4) is 11.9 Å². The number of rotatable bonds is 6. The van der Waals surface area contributed by atoms with Crippen LogP contribution >= 0.6 is 15.9 Å². The van der Waals surface area contributed by atoms with Gasteiger partial charge in [-0.2, -0.15) is 4.98 Å². The Morgan fingerprint density at radius 2 is 2.43 bits per heavy atom. The minimum atomic E-state index is -0.0220. The second-order valence-corrected chi connectivity index (χ2v) is 5.69. The van der Waals surface area contributed by atoms with Gasteiger partial charge in [0, 0.05) is 30.6 Å². The molecule has 0 aromatic carbocycles. The molecule has 1 amide bonds. The fourth-order valence-corrected chi connectivity index (χ4v) is 2.58. The first-order valence-electron chi connectivity index (χ1n) is 7.10. The van der Waals surface area contributed by atoms with Crippen molar-refractivity contribution >= 4 is 21.8 Å². The van der Waals surface area contributed by atoms with Gasteiger partial charge in [0.25, 0.3) is 0 Å². The number of piperidine rings is 1. The molecule has 1 aliphatic heterocycles. The van der Waals surface area contributed by atoms with Gasteiger partial charge in [-0.15, -0.1) is 0 Å². The summed E-state index contributed by atoms with van der Waals surface area (Å²) in [6.45, 7) is 1.43. The van der Waals surface area contributed by atoms with Gasteiger partial charge >= 0.3 is 6.01 Å². The maximum atomic E-state index is 12.1. The van der Waals surface area contributed by atoms with Crippen LogP contribution in [0.5, 0.6) is 11.9 Å². The third-order valence-corrected chi connectivity index (χ3v) is 3.89. The molecule has 2 heterocycles. The molecule has 6 nitrogen and oxygen atoms in total. The van der Waals surface area contributed by atoms with Crippen LogP contribution in [0.2, 0.25) is 0 Å². The average molecular weight is 358 g/mol. The topological polar surface area (TPSA) is 64.6 Å². The lowest BCUT2D eigenvalue weighted by molar-refractivity contribution is -0.133. The molecule has 2 rings (SSSR count). The Bertz CT molecular complexity index is 473. The molecule has 1 unspecified atom stereocenters. The summed E-state index contributed by atoms with van der Waals surface area (Å²) in [6, 6.07) is 1.99. The van der Waals surface area contributed by atoms with E-state index in [1.165, 1.54) is 7.11 Å². The van der Waals surface area contributed by atoms with Gasteiger partial charge in [-0.3, -0.25) is 4.79 Å². The highest BCUT2D eigenvalue weighted by molar-refractivity contribution is 9.09. The van der Waals surface area contributed by atoms with E-state index in [4.69, 9.17) is 9.47 Å². The van der Waals surface area contributed by atoms with Gasteiger partial charge in [0.1, 0.15) is 6.10 Å². The van der Waals surface area contributed by atoms with E-state index in [2.05, 4.69) is 25.9 Å². The number of amides is 1. The van der Waals surface area contributed by atoms with Crippen LogP contribution < -0.4 is 9.47 Å². The number of hydrogen-bond acceptors (Lipinski definition) is 5. The summed E-state index contributed by atoms with van der Waals surface area (Å²) < 4.78 is 10.8. The quantitative estimate of drug-likeness (QED) is 0.728. The largest absolute Gasteiger partial charge is 0.472 e. The lowest BCUT2D eigenvalue weighted by Crippen LogP contribution is -2.44. The van der Waals surface area contributed by atoms with Crippen LogP contribution in [0, 0.1) is 0 Å². The van der Waals surface area contributed by atoms with Crippen molar-refractivity contribution in [2.75, 3.05) is 25.5 Å². The maximum Gasteiger partial charge on any atom is 0.319 e. The van der Waals surface area contributed by atoms with E-state index in [0.29, 0.717) is 18.8 Å². The second-order valence-electron chi connectivity index (χ2n) is 4.90. The van der Waals surface area contributed by atoms with Gasteiger partial charge in [0.05, 0.1) is 13.7 Å². The molecule has 0 aliphatic carbocycles. The molecule has 1 saturated heterocycles. The van der Waals surface area contributed by atoms with Crippen molar-refractivity contribution < 1.29 is 14.3 Å². The van der Waals surface area contributed by atoms with Gasteiger partial charge in [0.2, 0.25) is 11.8 Å². The Labute approximate surface area is 133 Å². The number of carbonyl (C=O) groups is 1. The van der Waals surface area contributed by atoms with E-state index in [9.17, 15) is 4.79 Å². The molecule has 1 aliphatic rings. The van der Waals surface area contributed by atoms with Crippen molar-refractivity contribution in [3.63, 3.8) is 0 Å². The van der Waals surface area contributed by atoms with Crippen LogP contribution in [0.15, 0.2) is 12.3 Å². The normalized spacial score (nSPS) is 18.4. The Morgan fingerprint density at radius 1 is 1.57 bits per heavy atom. The van der Waals surface area contributed by atoms with E-state index >= 15 is 0 Å². The Morgan fingerprint density at radius 3 is 3.19 bits per heavy atom. The number of nitrogens with zero attached hydrogens (tertiary/aromatic N) is 3. The molecule has 1 atom stereocenters. The third-order valence-electron chi connectivity index (χ3n) is 3.33. The summed E-state index contributed by atoms with van der Waals surface area (Å²) in [4.78, 5) is 22.0. The number of hydrogen-bond donors (Lipinski definition) is 0. The zero-order valence-corrected chi connectivity index (χ0v) is 13.7. The van der Waals surface area contributed by atoms with Gasteiger partial charge < -0.3 is 14.4 Å². The predicted octanol–water partition coefficient (Wildman–Crippen LogP) is 2.03. The maximum absolute atomic E-state index is 12.1. The first-order chi connectivity index (χ1) is 10.2. The number of halogens is 1.